The van der Waals surface area contributed by atoms with Crippen LogP contribution >= 0.6 is 11.3 Å². The van der Waals surface area contributed by atoms with Gasteiger partial charge >= 0.3 is 0 Å². The number of thiophene rings is 1. The largest absolute Gasteiger partial charge is 0.351 e. The number of nitrogens with one attached hydrogen (secondary N) is 1. The summed E-state index contributed by atoms with van der Waals surface area (Å²) in [4.78, 5) is 14.6. The van der Waals surface area contributed by atoms with Crippen molar-refractivity contribution < 1.29 is 4.79 Å². The maximum Gasteiger partial charge on any atom is 0.225 e. The predicted octanol–water partition coefficient (Wildman–Crippen LogP) is 3.01. The Labute approximate surface area is 123 Å². The monoisotopic (exact) mass is 288 g/mol. The molecule has 0 saturated carbocycles. The molecule has 0 aliphatic heterocycles. The minimum absolute atomic E-state index is 0.00703. The summed E-state index contributed by atoms with van der Waals surface area (Å²) in [7, 11) is 0. The lowest BCUT2D eigenvalue weighted by molar-refractivity contribution is -0.125. The summed E-state index contributed by atoms with van der Waals surface area (Å²) >= 11 is 1.70. The number of carbonyl (C=O) groups is 1. The highest BCUT2D eigenvalue weighted by Gasteiger charge is 2.21. The molecule has 2 unspecified atom stereocenters. The van der Waals surface area contributed by atoms with Gasteiger partial charge < -0.3 is 11.1 Å². The highest BCUT2D eigenvalue weighted by Crippen LogP contribution is 2.20. The fraction of sp³-hybridized carbons (Fsp3) is 0.312. The zero-order valence-electron chi connectivity index (χ0n) is 11.8. The average Bonchev–Trinajstić information content (AvgIpc) is 2.89. The van der Waals surface area contributed by atoms with Crippen molar-refractivity contribution in [2.24, 2.45) is 11.7 Å². The number of carbonyl (C=O) groups excluding carboxylic acids is 1. The van der Waals surface area contributed by atoms with Gasteiger partial charge in [-0.15, -0.1) is 11.3 Å². The molecule has 20 heavy (non-hydrogen) atoms. The molecule has 3 N–H and O–H groups in total. The molecule has 0 radical (unpaired) electrons. The van der Waals surface area contributed by atoms with Crippen LogP contribution in [0.2, 0.25) is 0 Å². The lowest BCUT2D eigenvalue weighted by atomic mass is 9.95. The highest BCUT2D eigenvalue weighted by molar-refractivity contribution is 7.11. The van der Waals surface area contributed by atoms with E-state index in [2.05, 4.69) is 18.3 Å². The van der Waals surface area contributed by atoms with Crippen molar-refractivity contribution in [3.63, 3.8) is 0 Å². The summed E-state index contributed by atoms with van der Waals surface area (Å²) in [6.07, 6.45) is 0. The van der Waals surface area contributed by atoms with Gasteiger partial charge in [0, 0.05) is 15.8 Å². The summed E-state index contributed by atoms with van der Waals surface area (Å²) in [6.45, 7) is 4.50. The van der Waals surface area contributed by atoms with Crippen molar-refractivity contribution in [1.82, 2.24) is 5.32 Å². The van der Waals surface area contributed by atoms with Gasteiger partial charge in [0.15, 0.2) is 0 Å². The Morgan fingerprint density at radius 3 is 2.55 bits per heavy atom. The zero-order valence-corrected chi connectivity index (χ0v) is 12.6. The van der Waals surface area contributed by atoms with Gasteiger partial charge in [-0.2, -0.15) is 0 Å². The molecule has 4 heteroatoms. The Hall–Kier alpha value is -1.65. The highest BCUT2D eigenvalue weighted by atomic mass is 32.1. The molecular formula is C16H20N2OS. The summed E-state index contributed by atoms with van der Waals surface area (Å²) in [6, 6.07) is 13.6. The maximum absolute atomic E-state index is 12.2. The van der Waals surface area contributed by atoms with Crippen LogP contribution in [0.4, 0.5) is 0 Å². The molecule has 0 bridgehead atoms. The van der Waals surface area contributed by atoms with Gasteiger partial charge in [0.05, 0.1) is 12.5 Å². The minimum atomic E-state index is -0.277. The van der Waals surface area contributed by atoms with Gasteiger partial charge in [-0.05, 0) is 24.6 Å². The van der Waals surface area contributed by atoms with E-state index in [-0.39, 0.29) is 17.9 Å². The zero-order chi connectivity index (χ0) is 14.5. The summed E-state index contributed by atoms with van der Waals surface area (Å²) in [5.74, 6) is -0.258. The lowest BCUT2D eigenvalue weighted by Gasteiger charge is -2.19. The van der Waals surface area contributed by atoms with Crippen LogP contribution in [-0.2, 0) is 11.3 Å². The number of hydrogen-bond donors (Lipinski definition) is 2. The molecule has 0 saturated heterocycles. The van der Waals surface area contributed by atoms with Crippen molar-refractivity contribution in [3.05, 3.63) is 57.8 Å². The van der Waals surface area contributed by atoms with Gasteiger partial charge in [-0.1, -0.05) is 37.3 Å². The Kier molecular flexibility index (Phi) is 4.93. The third-order valence-corrected chi connectivity index (χ3v) is 4.37. The first-order chi connectivity index (χ1) is 9.58. The molecule has 1 aromatic carbocycles. The van der Waals surface area contributed by atoms with E-state index >= 15 is 0 Å². The standard InChI is InChI=1S/C16H20N2OS/c1-11-8-9-14(20-11)10-18-16(19)12(2)15(17)13-6-4-3-5-7-13/h3-9,12,15H,10,17H2,1-2H3,(H,18,19). The van der Waals surface area contributed by atoms with Crippen LogP contribution in [-0.4, -0.2) is 5.91 Å². The number of rotatable bonds is 5. The SMILES string of the molecule is Cc1ccc(CNC(=O)C(C)C(N)c2ccccc2)s1. The van der Waals surface area contributed by atoms with E-state index in [9.17, 15) is 4.79 Å². The van der Waals surface area contributed by atoms with Crippen LogP contribution in [0.5, 0.6) is 0 Å². The Morgan fingerprint density at radius 2 is 1.95 bits per heavy atom. The average molecular weight is 288 g/mol. The second kappa shape index (κ2) is 6.68. The minimum Gasteiger partial charge on any atom is -0.351 e. The fourth-order valence-corrected chi connectivity index (χ4v) is 2.87. The summed E-state index contributed by atoms with van der Waals surface area (Å²) in [5.41, 5.74) is 7.14. The van der Waals surface area contributed by atoms with Crippen LogP contribution in [0.15, 0.2) is 42.5 Å². The number of aryl methyl sites for hydroxylation is 1. The predicted molar refractivity (Wildman–Crippen MR) is 83.4 cm³/mol. The van der Waals surface area contributed by atoms with E-state index < -0.39 is 0 Å². The van der Waals surface area contributed by atoms with Crippen molar-refractivity contribution in [3.8, 4) is 0 Å². The van der Waals surface area contributed by atoms with Crippen molar-refractivity contribution in [1.29, 1.82) is 0 Å². The van der Waals surface area contributed by atoms with E-state index in [4.69, 9.17) is 5.73 Å². The maximum atomic E-state index is 12.2. The van der Waals surface area contributed by atoms with Crippen LogP contribution in [0.1, 0.15) is 28.3 Å². The third-order valence-electron chi connectivity index (χ3n) is 3.37. The normalized spacial score (nSPS) is 13.8. The molecule has 0 spiro atoms. The summed E-state index contributed by atoms with van der Waals surface area (Å²) < 4.78 is 0. The summed E-state index contributed by atoms with van der Waals surface area (Å²) in [5, 5.41) is 2.95. The quantitative estimate of drug-likeness (QED) is 0.888. The number of benzene rings is 1. The fourth-order valence-electron chi connectivity index (χ4n) is 2.04. The topological polar surface area (TPSA) is 55.1 Å². The van der Waals surface area contributed by atoms with Gasteiger partial charge in [-0.3, -0.25) is 4.79 Å². The molecule has 3 nitrogen and oxygen atoms in total. The van der Waals surface area contributed by atoms with E-state index in [1.54, 1.807) is 11.3 Å². The first-order valence-corrected chi connectivity index (χ1v) is 7.53. The van der Waals surface area contributed by atoms with E-state index in [0.29, 0.717) is 6.54 Å². The lowest BCUT2D eigenvalue weighted by Crippen LogP contribution is -2.35. The number of nitrogens with two attached hydrogens (primary N) is 1. The first-order valence-electron chi connectivity index (χ1n) is 6.71. The molecule has 2 atom stereocenters. The van der Waals surface area contributed by atoms with Gasteiger partial charge in [0.2, 0.25) is 5.91 Å². The Morgan fingerprint density at radius 1 is 1.25 bits per heavy atom. The van der Waals surface area contributed by atoms with E-state index in [1.165, 1.54) is 4.88 Å². The molecule has 1 heterocycles. The first kappa shape index (κ1) is 14.8. The third kappa shape index (κ3) is 3.68. The molecule has 2 rings (SSSR count). The number of hydrogen-bond acceptors (Lipinski definition) is 3. The molecule has 0 aliphatic rings. The Bertz CT molecular complexity index is 565. The Balaban J connectivity index is 1.91. The second-order valence-electron chi connectivity index (χ2n) is 4.96. The van der Waals surface area contributed by atoms with Crippen LogP contribution in [0.25, 0.3) is 0 Å². The van der Waals surface area contributed by atoms with Crippen molar-refractivity contribution in [2.75, 3.05) is 0 Å². The molecule has 0 fully saturated rings. The van der Waals surface area contributed by atoms with Crippen LogP contribution in [0.3, 0.4) is 0 Å². The van der Waals surface area contributed by atoms with Crippen LogP contribution in [0, 0.1) is 12.8 Å². The van der Waals surface area contributed by atoms with E-state index in [0.717, 1.165) is 10.4 Å². The van der Waals surface area contributed by atoms with Gasteiger partial charge in [0.25, 0.3) is 0 Å². The van der Waals surface area contributed by atoms with Gasteiger partial charge in [-0.25, -0.2) is 0 Å². The molecular weight excluding hydrogens is 268 g/mol. The number of amides is 1. The smallest absolute Gasteiger partial charge is 0.225 e. The van der Waals surface area contributed by atoms with Crippen LogP contribution < -0.4 is 11.1 Å². The molecule has 1 amide bonds. The van der Waals surface area contributed by atoms with Crippen molar-refractivity contribution >= 4 is 17.2 Å². The van der Waals surface area contributed by atoms with Crippen molar-refractivity contribution in [2.45, 2.75) is 26.4 Å². The molecule has 1 aromatic heterocycles. The molecule has 0 aliphatic carbocycles. The molecule has 2 aromatic rings. The molecule has 106 valence electrons. The van der Waals surface area contributed by atoms with Gasteiger partial charge in [0.1, 0.15) is 0 Å². The second-order valence-corrected chi connectivity index (χ2v) is 6.33. The van der Waals surface area contributed by atoms with E-state index in [1.807, 2.05) is 43.3 Å².